The zero-order valence-corrected chi connectivity index (χ0v) is 12.7. The Morgan fingerprint density at radius 2 is 1.87 bits per heavy atom. The number of alkyl halides is 3. The predicted molar refractivity (Wildman–Crippen MR) is 72.3 cm³/mol. The van der Waals surface area contributed by atoms with Gasteiger partial charge in [-0.15, -0.1) is 0 Å². The minimum Gasteiger partial charge on any atom is -0.476 e. The molecule has 0 aliphatic heterocycles. The highest BCUT2D eigenvalue weighted by molar-refractivity contribution is 5.98. The molecule has 1 aliphatic rings. The number of carbonyl (C=O) groups is 2. The Hall–Kier alpha value is -2.26. The lowest BCUT2D eigenvalue weighted by atomic mass is 10.2. The van der Waals surface area contributed by atoms with Gasteiger partial charge < -0.3 is 9.84 Å². The molecule has 10 heteroatoms. The van der Waals surface area contributed by atoms with Gasteiger partial charge in [0.2, 0.25) is 0 Å². The van der Waals surface area contributed by atoms with E-state index in [9.17, 15) is 27.9 Å². The second-order valence-electron chi connectivity index (χ2n) is 6.18. The first kappa shape index (κ1) is 17.1. The van der Waals surface area contributed by atoms with Gasteiger partial charge in [0.15, 0.2) is 11.4 Å². The number of halogens is 3. The van der Waals surface area contributed by atoms with Gasteiger partial charge in [-0.2, -0.15) is 18.3 Å². The lowest BCUT2D eigenvalue weighted by molar-refractivity contribution is -0.140. The van der Waals surface area contributed by atoms with Gasteiger partial charge in [-0.1, -0.05) is 0 Å². The molecule has 23 heavy (non-hydrogen) atoms. The first-order valence-electron chi connectivity index (χ1n) is 6.83. The maximum absolute atomic E-state index is 13.1. The highest BCUT2D eigenvalue weighted by Gasteiger charge is 2.44. The van der Waals surface area contributed by atoms with Crippen molar-refractivity contribution >= 4 is 17.7 Å². The summed E-state index contributed by atoms with van der Waals surface area (Å²) in [7, 11) is 0. The SMILES string of the molecule is CC(C)(C)OC(=O)Nc1c(C(F)(F)F)nn(C2CC2)c1C(=O)O. The summed E-state index contributed by atoms with van der Waals surface area (Å²) in [6.45, 7) is 4.59. The summed E-state index contributed by atoms with van der Waals surface area (Å²) >= 11 is 0. The summed E-state index contributed by atoms with van der Waals surface area (Å²) in [5, 5.41) is 14.5. The molecular weight excluding hydrogens is 319 g/mol. The standard InChI is InChI=1S/C13H16F3N3O4/c1-12(2,3)23-11(22)17-7-8(10(20)21)19(6-4-5-6)18-9(7)13(14,15)16/h6H,4-5H2,1-3H3,(H,17,22)(H,20,21). The number of anilines is 1. The van der Waals surface area contributed by atoms with Crippen LogP contribution in [-0.4, -0.2) is 32.6 Å². The fourth-order valence-corrected chi connectivity index (χ4v) is 1.95. The molecule has 1 heterocycles. The van der Waals surface area contributed by atoms with Crippen molar-refractivity contribution in [2.45, 2.75) is 51.4 Å². The molecule has 0 radical (unpaired) electrons. The molecule has 1 aromatic rings. The third kappa shape index (κ3) is 3.93. The van der Waals surface area contributed by atoms with Crippen LogP contribution in [0.2, 0.25) is 0 Å². The molecule has 2 rings (SSSR count). The number of carboxylic acid groups (broad SMARTS) is 1. The smallest absolute Gasteiger partial charge is 0.437 e. The minimum absolute atomic E-state index is 0.406. The van der Waals surface area contributed by atoms with Gasteiger partial charge in [0.1, 0.15) is 11.3 Å². The van der Waals surface area contributed by atoms with Crippen molar-refractivity contribution in [3.8, 4) is 0 Å². The monoisotopic (exact) mass is 335 g/mol. The summed E-state index contributed by atoms with van der Waals surface area (Å²) < 4.78 is 45.0. The molecule has 0 unspecified atom stereocenters. The number of nitrogens with one attached hydrogen (secondary N) is 1. The van der Waals surface area contributed by atoms with E-state index in [4.69, 9.17) is 4.74 Å². The number of nitrogens with zero attached hydrogens (tertiary/aromatic N) is 2. The van der Waals surface area contributed by atoms with Crippen molar-refractivity contribution in [2.75, 3.05) is 5.32 Å². The molecule has 1 amide bonds. The highest BCUT2D eigenvalue weighted by Crippen LogP contribution is 2.42. The largest absolute Gasteiger partial charge is 0.476 e. The zero-order chi connectivity index (χ0) is 17.6. The van der Waals surface area contributed by atoms with Crippen LogP contribution in [0, 0.1) is 0 Å². The Kier molecular flexibility index (Phi) is 4.03. The molecule has 7 nitrogen and oxygen atoms in total. The molecule has 1 fully saturated rings. The molecule has 0 spiro atoms. The van der Waals surface area contributed by atoms with E-state index in [0.29, 0.717) is 12.8 Å². The molecular formula is C13H16F3N3O4. The fraction of sp³-hybridized carbons (Fsp3) is 0.615. The van der Waals surface area contributed by atoms with Crippen molar-refractivity contribution in [3.63, 3.8) is 0 Å². The summed E-state index contributed by atoms with van der Waals surface area (Å²) in [4.78, 5) is 23.1. The normalized spacial score (nSPS) is 15.4. The van der Waals surface area contributed by atoms with Gasteiger partial charge in [0.25, 0.3) is 0 Å². The second-order valence-corrected chi connectivity index (χ2v) is 6.18. The number of hydrogen-bond donors (Lipinski definition) is 2. The maximum Gasteiger partial charge on any atom is 0.437 e. The Labute approximate surface area is 129 Å². The van der Waals surface area contributed by atoms with E-state index in [1.807, 2.05) is 5.32 Å². The molecule has 2 N–H and O–H groups in total. The van der Waals surface area contributed by atoms with Crippen LogP contribution in [0.5, 0.6) is 0 Å². The van der Waals surface area contributed by atoms with E-state index in [2.05, 4.69) is 5.10 Å². The Morgan fingerprint density at radius 1 is 1.30 bits per heavy atom. The minimum atomic E-state index is -4.91. The van der Waals surface area contributed by atoms with E-state index >= 15 is 0 Å². The molecule has 0 bridgehead atoms. The van der Waals surface area contributed by atoms with Crippen LogP contribution < -0.4 is 5.32 Å². The first-order valence-corrected chi connectivity index (χ1v) is 6.83. The molecule has 1 aromatic heterocycles. The maximum atomic E-state index is 13.1. The Morgan fingerprint density at radius 3 is 2.26 bits per heavy atom. The lowest BCUT2D eigenvalue weighted by Gasteiger charge is -2.20. The fourth-order valence-electron chi connectivity index (χ4n) is 1.95. The van der Waals surface area contributed by atoms with Crippen LogP contribution in [0.1, 0.15) is 55.8 Å². The number of ether oxygens (including phenoxy) is 1. The molecule has 0 aromatic carbocycles. The van der Waals surface area contributed by atoms with Gasteiger partial charge in [-0.25, -0.2) is 9.59 Å². The lowest BCUT2D eigenvalue weighted by Crippen LogP contribution is -2.28. The van der Waals surface area contributed by atoms with Crippen LogP contribution in [-0.2, 0) is 10.9 Å². The molecule has 128 valence electrons. The molecule has 0 atom stereocenters. The zero-order valence-electron chi connectivity index (χ0n) is 12.7. The first-order chi connectivity index (χ1) is 10.4. The van der Waals surface area contributed by atoms with Crippen molar-refractivity contribution in [3.05, 3.63) is 11.4 Å². The van der Waals surface area contributed by atoms with Crippen LogP contribution in [0.4, 0.5) is 23.7 Å². The van der Waals surface area contributed by atoms with Crippen LogP contribution in [0.25, 0.3) is 0 Å². The second kappa shape index (κ2) is 5.43. The van der Waals surface area contributed by atoms with Crippen molar-refractivity contribution < 1.29 is 32.6 Å². The predicted octanol–water partition coefficient (Wildman–Crippen LogP) is 3.28. The summed E-state index contributed by atoms with van der Waals surface area (Å²) in [6.07, 6.45) is -5.02. The van der Waals surface area contributed by atoms with Gasteiger partial charge in [0.05, 0.1) is 6.04 Å². The number of amides is 1. The van der Waals surface area contributed by atoms with Crippen LogP contribution >= 0.6 is 0 Å². The number of hydrogen-bond acceptors (Lipinski definition) is 4. The van der Waals surface area contributed by atoms with Crippen LogP contribution in [0.15, 0.2) is 0 Å². The number of carboxylic acids is 1. The molecule has 1 saturated carbocycles. The molecule has 1 aliphatic carbocycles. The van der Waals surface area contributed by atoms with E-state index in [1.54, 1.807) is 0 Å². The van der Waals surface area contributed by atoms with Crippen molar-refractivity contribution in [1.82, 2.24) is 9.78 Å². The number of carbonyl (C=O) groups excluding carboxylic acids is 1. The quantitative estimate of drug-likeness (QED) is 0.884. The van der Waals surface area contributed by atoms with E-state index in [0.717, 1.165) is 4.68 Å². The topological polar surface area (TPSA) is 93.5 Å². The number of aromatic carboxylic acids is 1. The number of rotatable bonds is 3. The Balaban J connectivity index is 2.46. The van der Waals surface area contributed by atoms with E-state index < -0.39 is 47.0 Å². The summed E-state index contributed by atoms with van der Waals surface area (Å²) in [5.41, 5.74) is -4.00. The summed E-state index contributed by atoms with van der Waals surface area (Å²) in [6, 6.07) is -0.406. The molecule has 0 saturated heterocycles. The highest BCUT2D eigenvalue weighted by atomic mass is 19.4. The number of aromatic nitrogens is 2. The average Bonchev–Trinajstić information content (AvgIpc) is 3.07. The van der Waals surface area contributed by atoms with Gasteiger partial charge in [-0.05, 0) is 33.6 Å². The van der Waals surface area contributed by atoms with E-state index in [1.165, 1.54) is 20.8 Å². The third-order valence-corrected chi connectivity index (χ3v) is 2.90. The Bertz CT molecular complexity index is 642. The van der Waals surface area contributed by atoms with Crippen molar-refractivity contribution in [2.24, 2.45) is 0 Å². The van der Waals surface area contributed by atoms with Gasteiger partial charge in [-0.3, -0.25) is 10.00 Å². The van der Waals surface area contributed by atoms with Crippen molar-refractivity contribution in [1.29, 1.82) is 0 Å². The third-order valence-electron chi connectivity index (χ3n) is 2.90. The summed E-state index contributed by atoms with van der Waals surface area (Å²) in [5.74, 6) is -1.61. The average molecular weight is 335 g/mol. The van der Waals surface area contributed by atoms with Gasteiger partial charge >= 0.3 is 18.2 Å². The van der Waals surface area contributed by atoms with Crippen LogP contribution in [0.3, 0.4) is 0 Å². The van der Waals surface area contributed by atoms with E-state index in [-0.39, 0.29) is 0 Å². The van der Waals surface area contributed by atoms with Gasteiger partial charge in [0, 0.05) is 0 Å².